The largest absolute Gasteiger partial charge is 0.424 e. The van der Waals surface area contributed by atoms with Crippen LogP contribution in [0.25, 0.3) is 0 Å². The molecule has 0 N–H and O–H groups in total. The van der Waals surface area contributed by atoms with E-state index in [1.807, 2.05) is 18.7 Å². The van der Waals surface area contributed by atoms with Gasteiger partial charge in [0.2, 0.25) is 20.7 Å². The number of anilines is 1. The molecule has 1 aromatic heterocycles. The average Bonchev–Trinajstić information content (AvgIpc) is 3.00. The molecule has 0 atom stereocenters. The number of hydrogen-bond donors (Lipinski definition) is 0. The van der Waals surface area contributed by atoms with Crippen molar-refractivity contribution in [2.45, 2.75) is 49.5 Å². The van der Waals surface area contributed by atoms with Gasteiger partial charge in [-0.15, -0.1) is 0 Å². The van der Waals surface area contributed by atoms with E-state index in [0.717, 1.165) is 44.5 Å². The van der Waals surface area contributed by atoms with Crippen LogP contribution in [0.4, 0.5) is 10.3 Å². The fraction of sp³-hybridized carbons (Fsp3) is 0.500. The summed E-state index contributed by atoms with van der Waals surface area (Å²) < 4.78 is 45.1. The first-order valence-electron chi connectivity index (χ1n) is 8.63. The molecule has 7 heteroatoms. The second-order valence-electron chi connectivity index (χ2n) is 6.82. The van der Waals surface area contributed by atoms with Gasteiger partial charge in [0.25, 0.3) is 0 Å². The van der Waals surface area contributed by atoms with Gasteiger partial charge in [-0.25, -0.2) is 12.8 Å². The van der Waals surface area contributed by atoms with Crippen LogP contribution in [0.3, 0.4) is 0 Å². The first-order valence-corrected chi connectivity index (χ1v) is 10.1. The Kier molecular flexibility index (Phi) is 5.13. The van der Waals surface area contributed by atoms with Crippen molar-refractivity contribution in [3.05, 3.63) is 36.0 Å². The second kappa shape index (κ2) is 7.15. The number of sulfone groups is 1. The standard InChI is InChI=1S/C18H23FN2O3S/c1-13(2)12-16-20-17(18(24-16)21-10-4-3-5-11-21)25(22,23)15-8-6-14(19)7-9-15/h6-9,13H,3-5,10-12H2,1-2H3. The maximum absolute atomic E-state index is 13.2. The van der Waals surface area contributed by atoms with E-state index >= 15 is 0 Å². The van der Waals surface area contributed by atoms with Gasteiger partial charge in [0.1, 0.15) is 5.82 Å². The SMILES string of the molecule is CC(C)Cc1nc(S(=O)(=O)c2ccc(F)cc2)c(N2CCCCC2)o1. The van der Waals surface area contributed by atoms with E-state index in [9.17, 15) is 12.8 Å². The van der Waals surface area contributed by atoms with Crippen molar-refractivity contribution in [2.75, 3.05) is 18.0 Å². The van der Waals surface area contributed by atoms with Crippen LogP contribution in [0.5, 0.6) is 0 Å². The lowest BCUT2D eigenvalue weighted by atomic mass is 10.1. The van der Waals surface area contributed by atoms with Gasteiger partial charge in [-0.3, -0.25) is 0 Å². The van der Waals surface area contributed by atoms with Gasteiger partial charge in [0.05, 0.1) is 4.90 Å². The van der Waals surface area contributed by atoms with E-state index in [0.29, 0.717) is 24.1 Å². The van der Waals surface area contributed by atoms with Crippen LogP contribution in [0.2, 0.25) is 0 Å². The molecule has 2 aromatic rings. The zero-order valence-corrected chi connectivity index (χ0v) is 15.4. The molecule has 1 aliphatic heterocycles. The molecule has 1 aromatic carbocycles. The number of oxazole rings is 1. The first kappa shape index (κ1) is 17.9. The number of piperidine rings is 1. The van der Waals surface area contributed by atoms with E-state index in [1.54, 1.807) is 0 Å². The van der Waals surface area contributed by atoms with E-state index < -0.39 is 15.7 Å². The Morgan fingerprint density at radius 2 is 1.80 bits per heavy atom. The van der Waals surface area contributed by atoms with Gasteiger partial charge in [0.15, 0.2) is 5.89 Å². The summed E-state index contributed by atoms with van der Waals surface area (Å²) in [5, 5.41) is -0.0586. The van der Waals surface area contributed by atoms with Gasteiger partial charge >= 0.3 is 0 Å². The van der Waals surface area contributed by atoms with E-state index in [4.69, 9.17) is 4.42 Å². The molecule has 0 unspecified atom stereocenters. The molecule has 2 heterocycles. The van der Waals surface area contributed by atoms with Gasteiger partial charge in [0, 0.05) is 19.5 Å². The Hall–Kier alpha value is -1.89. The molecular weight excluding hydrogens is 343 g/mol. The normalized spacial score (nSPS) is 15.8. The Morgan fingerprint density at radius 1 is 1.16 bits per heavy atom. The van der Waals surface area contributed by atoms with Gasteiger partial charge < -0.3 is 9.32 Å². The summed E-state index contributed by atoms with van der Waals surface area (Å²) in [5.74, 6) is 0.570. The lowest BCUT2D eigenvalue weighted by Crippen LogP contribution is -2.30. The highest BCUT2D eigenvalue weighted by Crippen LogP contribution is 2.33. The number of rotatable bonds is 5. The molecule has 1 fully saturated rings. The van der Waals surface area contributed by atoms with Crippen LogP contribution in [0, 0.1) is 11.7 Å². The minimum atomic E-state index is -3.86. The van der Waals surface area contributed by atoms with E-state index in [1.165, 1.54) is 12.1 Å². The lowest BCUT2D eigenvalue weighted by molar-refractivity contribution is 0.439. The van der Waals surface area contributed by atoms with Crippen LogP contribution >= 0.6 is 0 Å². The number of halogens is 1. The zero-order chi connectivity index (χ0) is 18.0. The lowest BCUT2D eigenvalue weighted by Gasteiger charge is -2.26. The third-order valence-electron chi connectivity index (χ3n) is 4.23. The van der Waals surface area contributed by atoms with Crippen LogP contribution in [0.1, 0.15) is 39.0 Å². The van der Waals surface area contributed by atoms with Gasteiger partial charge in [-0.05, 0) is 49.4 Å². The number of aromatic nitrogens is 1. The highest BCUT2D eigenvalue weighted by Gasteiger charge is 2.31. The fourth-order valence-corrected chi connectivity index (χ4v) is 4.31. The topological polar surface area (TPSA) is 63.4 Å². The molecule has 136 valence electrons. The predicted molar refractivity (Wildman–Crippen MR) is 93.0 cm³/mol. The Balaban J connectivity index is 2.05. The molecule has 0 bridgehead atoms. The molecule has 0 saturated carbocycles. The Bertz CT molecular complexity index is 823. The summed E-state index contributed by atoms with van der Waals surface area (Å²) in [6, 6.07) is 4.81. The van der Waals surface area contributed by atoms with Crippen LogP contribution in [-0.4, -0.2) is 26.5 Å². The number of hydrogen-bond acceptors (Lipinski definition) is 5. The van der Waals surface area contributed by atoms with E-state index in [-0.39, 0.29) is 9.92 Å². The van der Waals surface area contributed by atoms with Crippen LogP contribution in [0.15, 0.2) is 38.6 Å². The molecule has 25 heavy (non-hydrogen) atoms. The van der Waals surface area contributed by atoms with Gasteiger partial charge in [-0.2, -0.15) is 4.98 Å². The summed E-state index contributed by atoms with van der Waals surface area (Å²) >= 11 is 0. The van der Waals surface area contributed by atoms with Crippen molar-refractivity contribution in [2.24, 2.45) is 5.92 Å². The third kappa shape index (κ3) is 3.86. The summed E-state index contributed by atoms with van der Waals surface area (Å²) in [4.78, 5) is 6.29. The summed E-state index contributed by atoms with van der Waals surface area (Å²) in [6.07, 6.45) is 3.69. The summed E-state index contributed by atoms with van der Waals surface area (Å²) in [5.41, 5.74) is 0. The Labute approximate surface area is 147 Å². The Morgan fingerprint density at radius 3 is 2.40 bits per heavy atom. The predicted octanol–water partition coefficient (Wildman–Crippen LogP) is 3.84. The monoisotopic (exact) mass is 366 g/mol. The molecule has 1 saturated heterocycles. The van der Waals surface area contributed by atoms with Crippen molar-refractivity contribution in [1.29, 1.82) is 0 Å². The fourth-order valence-electron chi connectivity index (χ4n) is 2.97. The maximum atomic E-state index is 13.2. The summed E-state index contributed by atoms with van der Waals surface area (Å²) in [6.45, 7) is 5.56. The molecule has 0 amide bonds. The minimum Gasteiger partial charge on any atom is -0.424 e. The second-order valence-corrected chi connectivity index (χ2v) is 8.69. The average molecular weight is 366 g/mol. The first-order chi connectivity index (χ1) is 11.9. The van der Waals surface area contributed by atoms with Crippen LogP contribution < -0.4 is 4.90 Å². The number of benzene rings is 1. The van der Waals surface area contributed by atoms with Crippen molar-refractivity contribution < 1.29 is 17.2 Å². The molecular formula is C18H23FN2O3S. The quantitative estimate of drug-likeness (QED) is 0.753. The van der Waals surface area contributed by atoms with Gasteiger partial charge in [-0.1, -0.05) is 13.8 Å². The highest BCUT2D eigenvalue weighted by atomic mass is 32.2. The molecule has 5 nitrogen and oxygen atoms in total. The zero-order valence-electron chi connectivity index (χ0n) is 14.5. The molecule has 0 radical (unpaired) electrons. The number of nitrogens with zero attached hydrogens (tertiary/aromatic N) is 2. The highest BCUT2D eigenvalue weighted by molar-refractivity contribution is 7.91. The molecule has 1 aliphatic rings. The van der Waals surface area contributed by atoms with Crippen molar-refractivity contribution in [3.63, 3.8) is 0 Å². The minimum absolute atomic E-state index is 0.0246. The smallest absolute Gasteiger partial charge is 0.236 e. The van der Waals surface area contributed by atoms with Crippen LogP contribution in [-0.2, 0) is 16.3 Å². The third-order valence-corrected chi connectivity index (χ3v) is 5.90. The maximum Gasteiger partial charge on any atom is 0.236 e. The van der Waals surface area contributed by atoms with E-state index in [2.05, 4.69) is 4.98 Å². The molecule has 0 aliphatic carbocycles. The molecule has 3 rings (SSSR count). The van der Waals surface area contributed by atoms with Crippen molar-refractivity contribution in [3.8, 4) is 0 Å². The van der Waals surface area contributed by atoms with Crippen molar-refractivity contribution in [1.82, 2.24) is 4.98 Å². The van der Waals surface area contributed by atoms with Crippen molar-refractivity contribution >= 4 is 15.7 Å². The summed E-state index contributed by atoms with van der Waals surface area (Å²) in [7, 11) is -3.86. The molecule has 0 spiro atoms.